The largest absolute Gasteiger partial charge is 0.396 e. The van der Waals surface area contributed by atoms with E-state index in [-0.39, 0.29) is 24.5 Å². The van der Waals surface area contributed by atoms with Gasteiger partial charge in [-0.1, -0.05) is 12.2 Å². The molecule has 3 heteroatoms. The lowest BCUT2D eigenvalue weighted by atomic mass is 9.93. The van der Waals surface area contributed by atoms with Crippen LogP contribution in [0.15, 0.2) is 12.2 Å². The Balaban J connectivity index is 2.24. The number of nitrogens with one attached hydrogen (secondary N) is 1. The van der Waals surface area contributed by atoms with E-state index in [1.807, 2.05) is 6.92 Å². The minimum Gasteiger partial charge on any atom is -0.396 e. The number of hydrogen-bond donors (Lipinski definition) is 2. The summed E-state index contributed by atoms with van der Waals surface area (Å²) in [4.78, 5) is 11.8. The second-order valence-corrected chi connectivity index (χ2v) is 4.26. The second-order valence-electron chi connectivity index (χ2n) is 4.26. The number of amides is 1. The van der Waals surface area contributed by atoms with E-state index in [0.29, 0.717) is 0 Å². The molecule has 2 N–H and O–H groups in total. The first kappa shape index (κ1) is 12.2. The summed E-state index contributed by atoms with van der Waals surface area (Å²) in [6, 6.07) is 0.176. The maximum Gasteiger partial charge on any atom is 0.223 e. The van der Waals surface area contributed by atoms with Crippen molar-refractivity contribution in [2.45, 2.75) is 45.1 Å². The minimum absolute atomic E-state index is 0.159. The highest BCUT2D eigenvalue weighted by Crippen LogP contribution is 2.18. The van der Waals surface area contributed by atoms with Gasteiger partial charge >= 0.3 is 0 Å². The van der Waals surface area contributed by atoms with Crippen molar-refractivity contribution in [3.05, 3.63) is 12.2 Å². The average Bonchev–Trinajstić information content (AvgIpc) is 2.27. The molecule has 0 aromatic rings. The van der Waals surface area contributed by atoms with Gasteiger partial charge in [-0.3, -0.25) is 4.79 Å². The summed E-state index contributed by atoms with van der Waals surface area (Å²) in [5.74, 6) is 0.330. The van der Waals surface area contributed by atoms with Crippen LogP contribution in [0, 0.1) is 5.92 Å². The zero-order chi connectivity index (χ0) is 11.1. The van der Waals surface area contributed by atoms with Gasteiger partial charge in [-0.05, 0) is 39.0 Å². The van der Waals surface area contributed by atoms with Gasteiger partial charge in [-0.2, -0.15) is 0 Å². The highest BCUT2D eigenvalue weighted by Gasteiger charge is 2.19. The molecule has 1 aliphatic carbocycles. The van der Waals surface area contributed by atoms with E-state index in [1.54, 1.807) is 0 Å². The lowest BCUT2D eigenvalue weighted by Gasteiger charge is -2.20. The number of carbonyl (C=O) groups is 1. The van der Waals surface area contributed by atoms with Gasteiger partial charge in [-0.25, -0.2) is 0 Å². The molecule has 0 aliphatic heterocycles. The Hall–Kier alpha value is -0.830. The van der Waals surface area contributed by atoms with Crippen LogP contribution in [-0.2, 0) is 4.79 Å². The van der Waals surface area contributed by atoms with Gasteiger partial charge < -0.3 is 10.4 Å². The van der Waals surface area contributed by atoms with E-state index in [0.717, 1.165) is 32.1 Å². The van der Waals surface area contributed by atoms with Gasteiger partial charge in [-0.15, -0.1) is 0 Å². The maximum absolute atomic E-state index is 11.8. The Morgan fingerprint density at radius 1 is 1.60 bits per heavy atom. The molecule has 2 atom stereocenters. The predicted octanol–water partition coefficient (Wildman–Crippen LogP) is 1.62. The van der Waals surface area contributed by atoms with Crippen molar-refractivity contribution in [1.29, 1.82) is 0 Å². The molecule has 0 fully saturated rings. The first-order chi connectivity index (χ1) is 7.24. The normalized spacial score (nSPS) is 22.4. The summed E-state index contributed by atoms with van der Waals surface area (Å²) >= 11 is 0. The predicted molar refractivity (Wildman–Crippen MR) is 60.4 cm³/mol. The molecule has 15 heavy (non-hydrogen) atoms. The van der Waals surface area contributed by atoms with Gasteiger partial charge in [0.1, 0.15) is 0 Å². The maximum atomic E-state index is 11.8. The molecule has 0 saturated heterocycles. The third-order valence-corrected chi connectivity index (χ3v) is 2.82. The van der Waals surface area contributed by atoms with Crippen LogP contribution in [0.2, 0.25) is 0 Å². The Morgan fingerprint density at radius 2 is 2.40 bits per heavy atom. The number of rotatable bonds is 5. The number of allylic oxidation sites excluding steroid dienone is 2. The molecule has 0 aromatic heterocycles. The SMILES string of the molecule is CC(CCCO)NC(=O)C1CC=CCC1. The number of aliphatic hydroxyl groups excluding tert-OH is 1. The molecular weight excluding hydrogens is 190 g/mol. The van der Waals surface area contributed by atoms with E-state index in [2.05, 4.69) is 17.5 Å². The van der Waals surface area contributed by atoms with Crippen LogP contribution in [0.4, 0.5) is 0 Å². The summed E-state index contributed by atoms with van der Waals surface area (Å²) in [5, 5.41) is 11.7. The monoisotopic (exact) mass is 211 g/mol. The average molecular weight is 211 g/mol. The van der Waals surface area contributed by atoms with Crippen molar-refractivity contribution in [1.82, 2.24) is 5.32 Å². The fraction of sp³-hybridized carbons (Fsp3) is 0.750. The summed E-state index contributed by atoms with van der Waals surface area (Å²) < 4.78 is 0. The van der Waals surface area contributed by atoms with E-state index >= 15 is 0 Å². The topological polar surface area (TPSA) is 49.3 Å². The van der Waals surface area contributed by atoms with E-state index in [4.69, 9.17) is 5.11 Å². The fourth-order valence-corrected chi connectivity index (χ4v) is 1.86. The van der Waals surface area contributed by atoms with E-state index in [9.17, 15) is 4.79 Å². The molecular formula is C12H21NO2. The summed E-state index contributed by atoms with van der Waals surface area (Å²) in [7, 11) is 0. The number of aliphatic hydroxyl groups is 1. The van der Waals surface area contributed by atoms with Crippen molar-refractivity contribution in [3.63, 3.8) is 0 Å². The third-order valence-electron chi connectivity index (χ3n) is 2.82. The lowest BCUT2D eigenvalue weighted by molar-refractivity contribution is -0.125. The van der Waals surface area contributed by atoms with Crippen LogP contribution >= 0.6 is 0 Å². The van der Waals surface area contributed by atoms with E-state index < -0.39 is 0 Å². The third kappa shape index (κ3) is 4.47. The summed E-state index contributed by atoms with van der Waals surface area (Å²) in [6.45, 7) is 2.19. The van der Waals surface area contributed by atoms with Gasteiger partial charge in [0.25, 0.3) is 0 Å². The van der Waals surface area contributed by atoms with Crippen LogP contribution in [0.25, 0.3) is 0 Å². The van der Waals surface area contributed by atoms with Gasteiger partial charge in [0.2, 0.25) is 5.91 Å². The Kier molecular flexibility index (Phi) is 5.40. The zero-order valence-corrected chi connectivity index (χ0v) is 9.41. The van der Waals surface area contributed by atoms with Crippen molar-refractivity contribution in [3.8, 4) is 0 Å². The minimum atomic E-state index is 0.159. The van der Waals surface area contributed by atoms with Crippen molar-refractivity contribution in [2.75, 3.05) is 6.61 Å². The number of hydrogen-bond acceptors (Lipinski definition) is 2. The Morgan fingerprint density at radius 3 is 3.00 bits per heavy atom. The fourth-order valence-electron chi connectivity index (χ4n) is 1.86. The highest BCUT2D eigenvalue weighted by molar-refractivity contribution is 5.79. The zero-order valence-electron chi connectivity index (χ0n) is 9.41. The molecule has 2 unspecified atom stereocenters. The lowest BCUT2D eigenvalue weighted by Crippen LogP contribution is -2.37. The summed E-state index contributed by atoms with van der Waals surface area (Å²) in [5.41, 5.74) is 0. The Bertz CT molecular complexity index is 226. The van der Waals surface area contributed by atoms with Crippen LogP contribution in [0.3, 0.4) is 0 Å². The molecule has 1 rings (SSSR count). The van der Waals surface area contributed by atoms with Crippen LogP contribution in [0.5, 0.6) is 0 Å². The Labute approximate surface area is 91.6 Å². The molecule has 86 valence electrons. The second kappa shape index (κ2) is 6.62. The van der Waals surface area contributed by atoms with Gasteiger partial charge in [0.15, 0.2) is 0 Å². The van der Waals surface area contributed by atoms with Crippen molar-refractivity contribution < 1.29 is 9.90 Å². The molecule has 1 aliphatic rings. The molecule has 0 radical (unpaired) electrons. The quantitative estimate of drug-likeness (QED) is 0.679. The molecule has 0 heterocycles. The molecule has 3 nitrogen and oxygen atoms in total. The number of carbonyl (C=O) groups excluding carboxylic acids is 1. The first-order valence-corrected chi connectivity index (χ1v) is 5.80. The van der Waals surface area contributed by atoms with Crippen molar-refractivity contribution in [2.24, 2.45) is 5.92 Å². The standard InChI is InChI=1S/C12H21NO2/c1-10(6-5-9-14)13-12(15)11-7-3-2-4-8-11/h2-3,10-11,14H,4-9H2,1H3,(H,13,15). The summed E-state index contributed by atoms with van der Waals surface area (Å²) in [6.07, 6.45) is 8.69. The molecule has 0 bridgehead atoms. The van der Waals surface area contributed by atoms with Crippen molar-refractivity contribution >= 4 is 5.91 Å². The van der Waals surface area contributed by atoms with Crippen LogP contribution in [0.1, 0.15) is 39.0 Å². The van der Waals surface area contributed by atoms with E-state index in [1.165, 1.54) is 0 Å². The van der Waals surface area contributed by atoms with Crippen LogP contribution < -0.4 is 5.32 Å². The molecule has 0 aromatic carbocycles. The smallest absolute Gasteiger partial charge is 0.223 e. The molecule has 0 saturated carbocycles. The van der Waals surface area contributed by atoms with Gasteiger partial charge in [0.05, 0.1) is 0 Å². The first-order valence-electron chi connectivity index (χ1n) is 5.80. The molecule has 1 amide bonds. The highest BCUT2D eigenvalue weighted by atomic mass is 16.2. The van der Waals surface area contributed by atoms with Crippen LogP contribution in [-0.4, -0.2) is 23.7 Å². The van der Waals surface area contributed by atoms with Gasteiger partial charge in [0, 0.05) is 18.6 Å². The molecule has 0 spiro atoms.